The standard InChI is InChI=1S/C10H9N5O/c1-2-3-6-4-5-7-8(12-6)14-9(13-7)10(16)15-11/h4-5H,11H2,1H3,(H,15,16)(H,12,13,14). The SMILES string of the molecule is CC#Cc1ccc2[nH]c(C(=O)NN)nc2n1. The Morgan fingerprint density at radius 1 is 1.50 bits per heavy atom. The minimum absolute atomic E-state index is 0.131. The van der Waals surface area contributed by atoms with Gasteiger partial charge < -0.3 is 4.98 Å². The lowest BCUT2D eigenvalue weighted by Gasteiger charge is -1.90. The highest BCUT2D eigenvalue weighted by Crippen LogP contribution is 2.09. The van der Waals surface area contributed by atoms with E-state index in [1.165, 1.54) is 0 Å². The molecule has 2 aromatic heterocycles. The number of carbonyl (C=O) groups is 1. The third-order valence-corrected chi connectivity index (χ3v) is 1.95. The van der Waals surface area contributed by atoms with E-state index in [9.17, 15) is 4.79 Å². The van der Waals surface area contributed by atoms with Gasteiger partial charge in [-0.05, 0) is 25.0 Å². The van der Waals surface area contributed by atoms with Gasteiger partial charge in [-0.25, -0.2) is 15.8 Å². The first-order valence-corrected chi connectivity index (χ1v) is 4.55. The number of aromatic nitrogens is 3. The molecule has 0 saturated heterocycles. The largest absolute Gasteiger partial charge is 0.332 e. The summed E-state index contributed by atoms with van der Waals surface area (Å²) in [5.74, 6) is 10.2. The molecule has 6 heteroatoms. The second-order valence-corrected chi connectivity index (χ2v) is 3.00. The van der Waals surface area contributed by atoms with Gasteiger partial charge in [-0.2, -0.15) is 0 Å². The molecule has 0 radical (unpaired) electrons. The molecule has 2 heterocycles. The summed E-state index contributed by atoms with van der Waals surface area (Å²) in [5, 5.41) is 0. The number of pyridine rings is 1. The van der Waals surface area contributed by atoms with Crippen LogP contribution in [0.15, 0.2) is 12.1 Å². The van der Waals surface area contributed by atoms with Crippen LogP contribution in [0.3, 0.4) is 0 Å². The zero-order valence-electron chi connectivity index (χ0n) is 8.53. The second-order valence-electron chi connectivity index (χ2n) is 3.00. The zero-order valence-corrected chi connectivity index (χ0v) is 8.53. The molecule has 80 valence electrons. The van der Waals surface area contributed by atoms with E-state index in [4.69, 9.17) is 5.84 Å². The number of fused-ring (bicyclic) bond motifs is 1. The van der Waals surface area contributed by atoms with E-state index in [0.717, 1.165) is 0 Å². The van der Waals surface area contributed by atoms with Crippen LogP contribution in [-0.2, 0) is 0 Å². The molecule has 0 aliphatic carbocycles. The molecule has 6 nitrogen and oxygen atoms in total. The molecular formula is C10H9N5O. The Bertz CT molecular complexity index is 604. The van der Waals surface area contributed by atoms with Crippen molar-refractivity contribution in [2.24, 2.45) is 5.84 Å². The lowest BCUT2D eigenvalue weighted by Crippen LogP contribution is -2.30. The van der Waals surface area contributed by atoms with Gasteiger partial charge in [0.05, 0.1) is 5.52 Å². The van der Waals surface area contributed by atoms with Crippen LogP contribution in [-0.4, -0.2) is 20.9 Å². The lowest BCUT2D eigenvalue weighted by molar-refractivity contribution is 0.0944. The average molecular weight is 215 g/mol. The Hall–Kier alpha value is -2.39. The molecule has 0 fully saturated rings. The van der Waals surface area contributed by atoms with Crippen molar-refractivity contribution in [1.82, 2.24) is 20.4 Å². The Morgan fingerprint density at radius 2 is 2.31 bits per heavy atom. The molecule has 2 rings (SSSR count). The van der Waals surface area contributed by atoms with Crippen molar-refractivity contribution in [3.63, 3.8) is 0 Å². The third-order valence-electron chi connectivity index (χ3n) is 1.95. The van der Waals surface area contributed by atoms with Crippen molar-refractivity contribution in [1.29, 1.82) is 0 Å². The maximum absolute atomic E-state index is 11.2. The number of nitrogens with one attached hydrogen (secondary N) is 2. The summed E-state index contributed by atoms with van der Waals surface area (Å²) in [4.78, 5) is 22.2. The number of nitrogen functional groups attached to an aromatic ring is 1. The average Bonchev–Trinajstić information content (AvgIpc) is 2.71. The number of hydrogen-bond donors (Lipinski definition) is 3. The van der Waals surface area contributed by atoms with E-state index in [1.807, 2.05) is 5.43 Å². The summed E-state index contributed by atoms with van der Waals surface area (Å²) in [6.07, 6.45) is 0. The van der Waals surface area contributed by atoms with Gasteiger partial charge in [-0.1, -0.05) is 5.92 Å². The quantitative estimate of drug-likeness (QED) is 0.268. The van der Waals surface area contributed by atoms with Crippen molar-refractivity contribution in [3.8, 4) is 11.8 Å². The van der Waals surface area contributed by atoms with Crippen molar-refractivity contribution in [3.05, 3.63) is 23.7 Å². The molecule has 0 aromatic carbocycles. The monoisotopic (exact) mass is 215 g/mol. The topological polar surface area (TPSA) is 96.7 Å². The second kappa shape index (κ2) is 4.00. The van der Waals surface area contributed by atoms with E-state index in [1.54, 1.807) is 19.1 Å². The van der Waals surface area contributed by atoms with Gasteiger partial charge >= 0.3 is 5.91 Å². The number of rotatable bonds is 1. The number of nitrogens with two attached hydrogens (primary N) is 1. The van der Waals surface area contributed by atoms with Crippen molar-refractivity contribution >= 4 is 17.1 Å². The predicted octanol–water partition coefficient (Wildman–Crippen LogP) is -0.0672. The number of amides is 1. The van der Waals surface area contributed by atoms with E-state index in [2.05, 4.69) is 26.8 Å². The van der Waals surface area contributed by atoms with Gasteiger partial charge in [0.15, 0.2) is 11.5 Å². The van der Waals surface area contributed by atoms with Crippen LogP contribution in [0.4, 0.5) is 0 Å². The Morgan fingerprint density at radius 3 is 3.00 bits per heavy atom. The highest BCUT2D eigenvalue weighted by atomic mass is 16.2. The fourth-order valence-corrected chi connectivity index (χ4v) is 1.27. The van der Waals surface area contributed by atoms with Gasteiger partial charge in [0, 0.05) is 0 Å². The Labute approximate surface area is 91.2 Å². The van der Waals surface area contributed by atoms with Gasteiger partial charge in [0.2, 0.25) is 0 Å². The van der Waals surface area contributed by atoms with Crippen LogP contribution >= 0.6 is 0 Å². The summed E-state index contributed by atoms with van der Waals surface area (Å²) in [7, 11) is 0. The van der Waals surface area contributed by atoms with Crippen LogP contribution in [0.25, 0.3) is 11.2 Å². The number of aromatic amines is 1. The molecule has 0 atom stereocenters. The molecule has 0 unspecified atom stereocenters. The maximum atomic E-state index is 11.2. The van der Waals surface area contributed by atoms with Crippen molar-refractivity contribution < 1.29 is 4.79 Å². The van der Waals surface area contributed by atoms with Crippen LogP contribution in [0.5, 0.6) is 0 Å². The van der Waals surface area contributed by atoms with E-state index >= 15 is 0 Å². The number of H-pyrrole nitrogens is 1. The zero-order chi connectivity index (χ0) is 11.5. The first-order valence-electron chi connectivity index (χ1n) is 4.55. The Balaban J connectivity index is 2.52. The molecule has 4 N–H and O–H groups in total. The van der Waals surface area contributed by atoms with Crippen LogP contribution in [0, 0.1) is 11.8 Å². The lowest BCUT2D eigenvalue weighted by atomic mass is 10.3. The highest BCUT2D eigenvalue weighted by Gasteiger charge is 2.10. The smallest absolute Gasteiger partial charge is 0.301 e. The van der Waals surface area contributed by atoms with E-state index in [0.29, 0.717) is 16.9 Å². The fraction of sp³-hybridized carbons (Fsp3) is 0.100. The van der Waals surface area contributed by atoms with E-state index < -0.39 is 5.91 Å². The van der Waals surface area contributed by atoms with Gasteiger partial charge in [0.25, 0.3) is 0 Å². The van der Waals surface area contributed by atoms with Gasteiger partial charge in [0.1, 0.15) is 5.69 Å². The van der Waals surface area contributed by atoms with Crippen molar-refractivity contribution in [2.45, 2.75) is 6.92 Å². The van der Waals surface area contributed by atoms with E-state index in [-0.39, 0.29) is 5.82 Å². The molecular weight excluding hydrogens is 206 g/mol. The number of hydrazine groups is 1. The minimum Gasteiger partial charge on any atom is -0.332 e. The number of hydrogen-bond acceptors (Lipinski definition) is 4. The van der Waals surface area contributed by atoms with Gasteiger partial charge in [-0.15, -0.1) is 0 Å². The fourth-order valence-electron chi connectivity index (χ4n) is 1.27. The third kappa shape index (κ3) is 1.71. The molecule has 0 saturated carbocycles. The van der Waals surface area contributed by atoms with Crippen LogP contribution in [0.1, 0.15) is 23.2 Å². The number of nitrogens with zero attached hydrogens (tertiary/aromatic N) is 2. The van der Waals surface area contributed by atoms with Gasteiger partial charge in [-0.3, -0.25) is 10.2 Å². The highest BCUT2D eigenvalue weighted by molar-refractivity contribution is 5.93. The number of carbonyl (C=O) groups excluding carboxylic acids is 1. The molecule has 1 amide bonds. The summed E-state index contributed by atoms with van der Waals surface area (Å²) in [6.45, 7) is 1.73. The van der Waals surface area contributed by atoms with Crippen LogP contribution < -0.4 is 11.3 Å². The number of imidazole rings is 1. The summed E-state index contributed by atoms with van der Waals surface area (Å²) < 4.78 is 0. The summed E-state index contributed by atoms with van der Waals surface area (Å²) in [5.41, 5.74) is 3.72. The molecule has 0 spiro atoms. The van der Waals surface area contributed by atoms with Crippen LogP contribution in [0.2, 0.25) is 0 Å². The summed E-state index contributed by atoms with van der Waals surface area (Å²) >= 11 is 0. The maximum Gasteiger partial charge on any atom is 0.301 e. The normalized spacial score (nSPS) is 9.62. The molecule has 0 bridgehead atoms. The Kier molecular flexibility index (Phi) is 2.54. The predicted molar refractivity (Wildman–Crippen MR) is 58.1 cm³/mol. The minimum atomic E-state index is -0.485. The molecule has 16 heavy (non-hydrogen) atoms. The first kappa shape index (κ1) is 10.1. The van der Waals surface area contributed by atoms with Crippen molar-refractivity contribution in [2.75, 3.05) is 0 Å². The first-order chi connectivity index (χ1) is 7.74. The molecule has 2 aromatic rings. The summed E-state index contributed by atoms with van der Waals surface area (Å²) in [6, 6.07) is 3.52. The molecule has 0 aliphatic rings. The molecule has 0 aliphatic heterocycles.